The van der Waals surface area contributed by atoms with E-state index in [4.69, 9.17) is 0 Å². The van der Waals surface area contributed by atoms with E-state index in [1.807, 2.05) is 72.8 Å². The zero-order valence-corrected chi connectivity index (χ0v) is 17.3. The zero-order valence-electron chi connectivity index (χ0n) is 17.3. The molecule has 0 aliphatic carbocycles. The van der Waals surface area contributed by atoms with Crippen LogP contribution < -0.4 is 4.90 Å². The van der Waals surface area contributed by atoms with E-state index < -0.39 is 17.4 Å². The maximum Gasteiger partial charge on any atom is 0.327 e. The molecule has 0 radical (unpaired) electrons. The summed E-state index contributed by atoms with van der Waals surface area (Å²) in [5.41, 5.74) is 1.59. The van der Waals surface area contributed by atoms with E-state index in [9.17, 15) is 19.5 Å². The molecule has 1 fully saturated rings. The molecule has 1 spiro atoms. The number of anilines is 1. The van der Waals surface area contributed by atoms with E-state index in [0.717, 1.165) is 11.1 Å². The Morgan fingerprint density at radius 1 is 0.844 bits per heavy atom. The maximum absolute atomic E-state index is 13.9. The molecule has 5 rings (SSSR count). The summed E-state index contributed by atoms with van der Waals surface area (Å²) in [5, 5.41) is 10.3. The third-order valence-corrected chi connectivity index (χ3v) is 6.44. The summed E-state index contributed by atoms with van der Waals surface area (Å²) >= 11 is 0. The summed E-state index contributed by atoms with van der Waals surface area (Å²) in [6, 6.07) is 24.8. The van der Waals surface area contributed by atoms with Gasteiger partial charge < -0.3 is 14.9 Å². The molecule has 0 bridgehead atoms. The summed E-state index contributed by atoms with van der Waals surface area (Å²) < 4.78 is 0. The van der Waals surface area contributed by atoms with Gasteiger partial charge in [0.15, 0.2) is 0 Å². The number of likely N-dealkylation sites (tertiary alicyclic amines) is 1. The smallest absolute Gasteiger partial charge is 0.327 e. The molecule has 2 heterocycles. The van der Waals surface area contributed by atoms with Gasteiger partial charge in [0.2, 0.25) is 11.8 Å². The van der Waals surface area contributed by atoms with Gasteiger partial charge in [0, 0.05) is 18.7 Å². The van der Waals surface area contributed by atoms with Crippen LogP contribution in [0.15, 0.2) is 84.9 Å². The van der Waals surface area contributed by atoms with E-state index >= 15 is 0 Å². The lowest BCUT2D eigenvalue weighted by atomic mass is 9.75. The van der Waals surface area contributed by atoms with Crippen LogP contribution in [0.25, 0.3) is 0 Å². The van der Waals surface area contributed by atoms with Crippen LogP contribution in [0.4, 0.5) is 5.69 Å². The highest BCUT2D eigenvalue weighted by molar-refractivity contribution is 6.15. The average molecular weight is 426 g/mol. The van der Waals surface area contributed by atoms with Crippen LogP contribution in [0.3, 0.4) is 0 Å². The minimum absolute atomic E-state index is 0.145. The minimum atomic E-state index is -1.44. The van der Waals surface area contributed by atoms with Gasteiger partial charge in [-0.1, -0.05) is 78.9 Å². The number of hydrogen-bond donors (Lipinski definition) is 1. The second-order valence-electron chi connectivity index (χ2n) is 8.29. The SMILES string of the molecule is O=C(O)[C@@H]1N(Cc2ccccc2)C(=O)C[C@]12C(=O)N(Cc1ccccc1)c1ccccc12. The number of benzene rings is 3. The molecule has 2 aliphatic rings. The van der Waals surface area contributed by atoms with Crippen molar-refractivity contribution in [3.63, 3.8) is 0 Å². The van der Waals surface area contributed by atoms with Crippen molar-refractivity contribution < 1.29 is 19.5 Å². The summed E-state index contributed by atoms with van der Waals surface area (Å²) in [6.45, 7) is 0.462. The van der Waals surface area contributed by atoms with Crippen LogP contribution in [-0.2, 0) is 32.9 Å². The Bertz CT molecular complexity index is 1190. The van der Waals surface area contributed by atoms with E-state index in [-0.39, 0.29) is 24.8 Å². The van der Waals surface area contributed by atoms with E-state index in [2.05, 4.69) is 0 Å². The zero-order chi connectivity index (χ0) is 22.3. The van der Waals surface area contributed by atoms with Crippen molar-refractivity contribution >= 4 is 23.5 Å². The molecule has 3 aromatic carbocycles. The van der Waals surface area contributed by atoms with Gasteiger partial charge in [0.1, 0.15) is 11.5 Å². The number of hydrogen-bond acceptors (Lipinski definition) is 3. The molecule has 2 amide bonds. The number of carboxylic acid groups (broad SMARTS) is 1. The fraction of sp³-hybridized carbons (Fsp3) is 0.192. The average Bonchev–Trinajstić information content (AvgIpc) is 3.22. The van der Waals surface area contributed by atoms with Crippen LogP contribution in [0.2, 0.25) is 0 Å². The fourth-order valence-corrected chi connectivity index (χ4v) is 5.06. The number of carbonyl (C=O) groups excluding carboxylic acids is 2. The second-order valence-corrected chi connectivity index (χ2v) is 8.29. The van der Waals surface area contributed by atoms with Gasteiger partial charge in [-0.3, -0.25) is 9.59 Å². The fourth-order valence-electron chi connectivity index (χ4n) is 5.06. The third-order valence-electron chi connectivity index (χ3n) is 6.44. The van der Waals surface area contributed by atoms with Crippen molar-refractivity contribution in [1.29, 1.82) is 0 Å². The van der Waals surface area contributed by atoms with Crippen molar-refractivity contribution in [1.82, 2.24) is 4.90 Å². The first-order valence-electron chi connectivity index (χ1n) is 10.5. The first-order chi connectivity index (χ1) is 15.5. The highest BCUT2D eigenvalue weighted by atomic mass is 16.4. The lowest BCUT2D eigenvalue weighted by molar-refractivity contribution is -0.149. The highest BCUT2D eigenvalue weighted by Gasteiger charge is 2.65. The van der Waals surface area contributed by atoms with Crippen molar-refractivity contribution in [3.05, 3.63) is 102 Å². The Kier molecular flexibility index (Phi) is 4.78. The van der Waals surface area contributed by atoms with E-state index in [1.54, 1.807) is 17.0 Å². The Labute approximate surface area is 185 Å². The monoisotopic (exact) mass is 426 g/mol. The van der Waals surface area contributed by atoms with E-state index in [0.29, 0.717) is 17.8 Å². The summed E-state index contributed by atoms with van der Waals surface area (Å²) in [5.74, 6) is -1.83. The van der Waals surface area contributed by atoms with Gasteiger partial charge in [-0.2, -0.15) is 0 Å². The Morgan fingerprint density at radius 2 is 1.41 bits per heavy atom. The first-order valence-corrected chi connectivity index (χ1v) is 10.5. The van der Waals surface area contributed by atoms with E-state index in [1.165, 1.54) is 4.90 Å². The molecule has 1 N–H and O–H groups in total. The lowest BCUT2D eigenvalue weighted by Gasteiger charge is -2.31. The third kappa shape index (κ3) is 2.99. The van der Waals surface area contributed by atoms with Crippen LogP contribution in [0.1, 0.15) is 23.1 Å². The van der Waals surface area contributed by atoms with Gasteiger partial charge in [0.05, 0.1) is 6.54 Å². The van der Waals surface area contributed by atoms with Crippen LogP contribution in [-0.4, -0.2) is 33.8 Å². The number of aliphatic carboxylic acids is 1. The lowest BCUT2D eigenvalue weighted by Crippen LogP contribution is -2.53. The summed E-state index contributed by atoms with van der Waals surface area (Å²) in [4.78, 5) is 42.6. The van der Waals surface area contributed by atoms with Crippen LogP contribution in [0.5, 0.6) is 0 Å². The Morgan fingerprint density at radius 3 is 2.03 bits per heavy atom. The number of fused-ring (bicyclic) bond motifs is 2. The molecule has 2 aliphatic heterocycles. The van der Waals surface area contributed by atoms with Crippen LogP contribution >= 0.6 is 0 Å². The van der Waals surface area contributed by atoms with Crippen LogP contribution in [0, 0.1) is 0 Å². The molecule has 0 unspecified atom stereocenters. The van der Waals surface area contributed by atoms with Gasteiger partial charge in [-0.15, -0.1) is 0 Å². The molecule has 3 aromatic rings. The largest absolute Gasteiger partial charge is 0.480 e. The highest BCUT2D eigenvalue weighted by Crippen LogP contribution is 2.51. The molecule has 160 valence electrons. The minimum Gasteiger partial charge on any atom is -0.480 e. The van der Waals surface area contributed by atoms with Crippen molar-refractivity contribution in [2.24, 2.45) is 0 Å². The molecular weight excluding hydrogens is 404 g/mol. The van der Waals surface area contributed by atoms with Gasteiger partial charge in [0.25, 0.3) is 0 Å². The molecule has 6 nitrogen and oxygen atoms in total. The molecule has 0 saturated carbocycles. The van der Waals surface area contributed by atoms with Crippen molar-refractivity contribution in [2.45, 2.75) is 31.0 Å². The summed E-state index contributed by atoms with van der Waals surface area (Å²) in [7, 11) is 0. The maximum atomic E-state index is 13.9. The van der Waals surface area contributed by atoms with Gasteiger partial charge >= 0.3 is 5.97 Å². The quantitative estimate of drug-likeness (QED) is 0.679. The molecule has 6 heteroatoms. The first kappa shape index (κ1) is 20.0. The normalized spacial score (nSPS) is 21.9. The Balaban J connectivity index is 1.60. The van der Waals surface area contributed by atoms with Gasteiger partial charge in [-0.05, 0) is 22.8 Å². The number of carboxylic acids is 1. The van der Waals surface area contributed by atoms with Gasteiger partial charge in [-0.25, -0.2) is 4.79 Å². The number of carbonyl (C=O) groups is 3. The predicted molar refractivity (Wildman–Crippen MR) is 119 cm³/mol. The predicted octanol–water partition coefficient (Wildman–Crippen LogP) is 3.36. The standard InChI is InChI=1S/C26H22N2O4/c29-22-15-26(23(24(30)31)28(22)17-19-11-5-2-6-12-19)20-13-7-8-14-21(20)27(25(26)32)16-18-9-3-1-4-10-18/h1-14,23H,15-17H2,(H,30,31)/t23-,26+/m0/s1. The molecule has 32 heavy (non-hydrogen) atoms. The molecule has 2 atom stereocenters. The number of rotatable bonds is 5. The molecule has 1 saturated heterocycles. The number of amides is 2. The summed E-state index contributed by atoms with van der Waals surface area (Å²) in [6.07, 6.45) is -0.155. The number of para-hydroxylation sites is 1. The second kappa shape index (κ2) is 7.64. The number of nitrogens with zero attached hydrogens (tertiary/aromatic N) is 2. The topological polar surface area (TPSA) is 77.9 Å². The Hall–Kier alpha value is -3.93. The molecular formula is C26H22N2O4. The van der Waals surface area contributed by atoms with Crippen molar-refractivity contribution in [3.8, 4) is 0 Å². The van der Waals surface area contributed by atoms with Crippen molar-refractivity contribution in [2.75, 3.05) is 4.90 Å². The molecule has 0 aromatic heterocycles.